The highest BCUT2D eigenvalue weighted by molar-refractivity contribution is 6.22. The molecule has 1 aliphatic heterocycles. The van der Waals surface area contributed by atoms with Gasteiger partial charge in [-0.25, -0.2) is 4.90 Å². The summed E-state index contributed by atoms with van der Waals surface area (Å²) in [5.74, 6) is 0.0861. The zero-order chi connectivity index (χ0) is 22.8. The van der Waals surface area contributed by atoms with Gasteiger partial charge in [0.15, 0.2) is 0 Å². The van der Waals surface area contributed by atoms with Gasteiger partial charge in [-0.2, -0.15) is 0 Å². The molecule has 1 aliphatic carbocycles. The molecule has 8 nitrogen and oxygen atoms in total. The fourth-order valence-corrected chi connectivity index (χ4v) is 4.74. The Kier molecular flexibility index (Phi) is 6.12. The molecule has 0 radical (unpaired) electrons. The first kappa shape index (κ1) is 21.8. The van der Waals surface area contributed by atoms with Gasteiger partial charge in [-0.05, 0) is 61.4 Å². The number of imide groups is 1. The normalized spacial score (nSPS) is 22.6. The van der Waals surface area contributed by atoms with Gasteiger partial charge in [0.1, 0.15) is 11.4 Å². The lowest BCUT2D eigenvalue weighted by Crippen LogP contribution is -2.31. The Hall–Kier alpha value is -3.42. The quantitative estimate of drug-likeness (QED) is 0.396. The molecule has 2 aromatic carbocycles. The van der Waals surface area contributed by atoms with Gasteiger partial charge in [0.2, 0.25) is 11.8 Å². The minimum absolute atomic E-state index is 0.152. The maximum absolute atomic E-state index is 12.9. The molecule has 0 bridgehead atoms. The van der Waals surface area contributed by atoms with E-state index in [9.17, 15) is 19.7 Å². The highest BCUT2D eigenvalue weighted by Gasteiger charge is 2.50. The Bertz CT molecular complexity index is 1040. The van der Waals surface area contributed by atoms with E-state index in [0.717, 1.165) is 22.6 Å². The number of carbonyl (C=O) groups is 2. The summed E-state index contributed by atoms with van der Waals surface area (Å²) in [5.41, 5.74) is 1.55. The fraction of sp³-hybridized carbons (Fsp3) is 0.417. The summed E-state index contributed by atoms with van der Waals surface area (Å²) < 4.78 is 5.15. The van der Waals surface area contributed by atoms with Crippen LogP contribution in [-0.2, 0) is 16.0 Å². The Labute approximate surface area is 186 Å². The molecule has 3 atom stereocenters. The topological polar surface area (TPSA) is 102 Å². The van der Waals surface area contributed by atoms with E-state index in [-0.39, 0.29) is 35.0 Å². The zero-order valence-electron chi connectivity index (χ0n) is 18.2. The van der Waals surface area contributed by atoms with Crippen LogP contribution in [0.1, 0.15) is 31.7 Å². The number of methoxy groups -OCH3 is 1. The monoisotopic (exact) mass is 437 g/mol. The summed E-state index contributed by atoms with van der Waals surface area (Å²) in [6.45, 7) is 2.59. The largest absolute Gasteiger partial charge is 0.497 e. The second kappa shape index (κ2) is 8.98. The van der Waals surface area contributed by atoms with Crippen LogP contribution in [0.15, 0.2) is 42.5 Å². The lowest BCUT2D eigenvalue weighted by molar-refractivity contribution is -0.383. The summed E-state index contributed by atoms with van der Waals surface area (Å²) in [4.78, 5) is 38.2. The van der Waals surface area contributed by atoms with Gasteiger partial charge in [0.05, 0.1) is 29.6 Å². The second-order valence-corrected chi connectivity index (χ2v) is 8.63. The molecule has 1 heterocycles. The van der Waals surface area contributed by atoms with Crippen molar-refractivity contribution in [3.63, 3.8) is 0 Å². The molecule has 1 saturated heterocycles. The smallest absolute Gasteiger partial charge is 0.294 e. The molecule has 168 valence electrons. The summed E-state index contributed by atoms with van der Waals surface area (Å²) in [6.07, 6.45) is 2.98. The first-order valence-electron chi connectivity index (χ1n) is 10.9. The number of fused-ring (bicyclic) bond motifs is 1. The van der Waals surface area contributed by atoms with Crippen LogP contribution in [0, 0.1) is 27.9 Å². The van der Waals surface area contributed by atoms with E-state index in [1.165, 1.54) is 6.07 Å². The van der Waals surface area contributed by atoms with Crippen molar-refractivity contribution >= 4 is 28.9 Å². The third-order valence-corrected chi connectivity index (χ3v) is 6.51. The second-order valence-electron chi connectivity index (χ2n) is 8.63. The Morgan fingerprint density at radius 3 is 2.50 bits per heavy atom. The van der Waals surface area contributed by atoms with Crippen LogP contribution in [0.3, 0.4) is 0 Å². The number of benzene rings is 2. The average molecular weight is 437 g/mol. The summed E-state index contributed by atoms with van der Waals surface area (Å²) in [7, 11) is 1.61. The number of carbonyl (C=O) groups excluding carboxylic acids is 2. The first-order chi connectivity index (χ1) is 15.4. The molecule has 1 N–H and O–H groups in total. The van der Waals surface area contributed by atoms with Gasteiger partial charge in [-0.15, -0.1) is 0 Å². The number of nitro groups is 1. The van der Waals surface area contributed by atoms with Crippen molar-refractivity contribution in [1.29, 1.82) is 0 Å². The number of nitro benzene ring substituents is 1. The SMILES string of the molecule is COc1ccc(CCNc2ccc(N3C(=O)[C@H]4C[C@@H](C)CC[C@H]4C3=O)cc2[N+](=O)[O-])cc1. The molecular formula is C24H27N3O5. The van der Waals surface area contributed by atoms with Crippen LogP contribution in [-0.4, -0.2) is 30.4 Å². The number of anilines is 2. The number of nitrogens with one attached hydrogen (secondary N) is 1. The number of rotatable bonds is 7. The molecule has 1 saturated carbocycles. The molecule has 2 amide bonds. The van der Waals surface area contributed by atoms with Crippen LogP contribution in [0.25, 0.3) is 0 Å². The molecule has 0 aromatic heterocycles. The number of ether oxygens (including phenoxy) is 1. The number of nitrogens with zero attached hydrogens (tertiary/aromatic N) is 2. The molecular weight excluding hydrogens is 410 g/mol. The van der Waals surface area contributed by atoms with Gasteiger partial charge in [-0.1, -0.05) is 19.1 Å². The molecule has 32 heavy (non-hydrogen) atoms. The van der Waals surface area contributed by atoms with Crippen molar-refractivity contribution in [1.82, 2.24) is 0 Å². The van der Waals surface area contributed by atoms with Gasteiger partial charge >= 0.3 is 0 Å². The van der Waals surface area contributed by atoms with E-state index in [1.54, 1.807) is 19.2 Å². The Balaban J connectivity index is 1.49. The first-order valence-corrected chi connectivity index (χ1v) is 10.9. The van der Waals surface area contributed by atoms with E-state index in [2.05, 4.69) is 12.2 Å². The number of hydrogen-bond donors (Lipinski definition) is 1. The van der Waals surface area contributed by atoms with Crippen LogP contribution in [0.5, 0.6) is 5.75 Å². The van der Waals surface area contributed by atoms with Crippen molar-refractivity contribution in [3.05, 3.63) is 58.1 Å². The third kappa shape index (κ3) is 4.17. The Morgan fingerprint density at radius 2 is 1.81 bits per heavy atom. The maximum atomic E-state index is 12.9. The van der Waals surface area contributed by atoms with Crippen LogP contribution in [0.2, 0.25) is 0 Å². The van der Waals surface area contributed by atoms with Crippen molar-refractivity contribution in [2.75, 3.05) is 23.9 Å². The molecule has 2 aromatic rings. The van der Waals surface area contributed by atoms with E-state index in [1.807, 2.05) is 24.3 Å². The van der Waals surface area contributed by atoms with Gasteiger partial charge in [0, 0.05) is 12.6 Å². The molecule has 2 aliphatic rings. The van der Waals surface area contributed by atoms with Crippen molar-refractivity contribution in [2.45, 2.75) is 32.6 Å². The van der Waals surface area contributed by atoms with E-state index in [4.69, 9.17) is 4.74 Å². The maximum Gasteiger partial charge on any atom is 0.294 e. The molecule has 0 spiro atoms. The van der Waals surface area contributed by atoms with E-state index in [0.29, 0.717) is 37.4 Å². The average Bonchev–Trinajstić information content (AvgIpc) is 3.03. The minimum atomic E-state index is -0.487. The van der Waals surface area contributed by atoms with Crippen LogP contribution >= 0.6 is 0 Å². The van der Waals surface area contributed by atoms with Gasteiger partial charge < -0.3 is 10.1 Å². The standard InChI is InChI=1S/C24H27N3O5/c1-15-3-9-19-20(13-15)24(29)26(23(19)28)17-6-10-21(22(14-17)27(30)31)25-12-11-16-4-7-18(32-2)8-5-16/h4-8,10,14-15,19-20,25H,3,9,11-13H2,1-2H3/t15-,19+,20-/m0/s1. The highest BCUT2D eigenvalue weighted by atomic mass is 16.6. The molecule has 4 rings (SSSR count). The Morgan fingerprint density at radius 1 is 1.09 bits per heavy atom. The minimum Gasteiger partial charge on any atom is -0.497 e. The van der Waals surface area contributed by atoms with E-state index < -0.39 is 4.92 Å². The lowest BCUT2D eigenvalue weighted by Gasteiger charge is -2.25. The van der Waals surface area contributed by atoms with Gasteiger partial charge in [0.25, 0.3) is 5.69 Å². The molecule has 0 unspecified atom stereocenters. The van der Waals surface area contributed by atoms with Gasteiger partial charge in [-0.3, -0.25) is 19.7 Å². The summed E-state index contributed by atoms with van der Waals surface area (Å²) >= 11 is 0. The predicted molar refractivity (Wildman–Crippen MR) is 121 cm³/mol. The third-order valence-electron chi connectivity index (χ3n) is 6.51. The summed E-state index contributed by atoms with van der Waals surface area (Å²) in [6, 6.07) is 12.1. The van der Waals surface area contributed by atoms with Crippen molar-refractivity contribution < 1.29 is 19.2 Å². The molecule has 8 heteroatoms. The molecule has 2 fully saturated rings. The lowest BCUT2D eigenvalue weighted by atomic mass is 9.76. The highest BCUT2D eigenvalue weighted by Crippen LogP contribution is 2.43. The zero-order valence-corrected chi connectivity index (χ0v) is 18.2. The van der Waals surface area contributed by atoms with Crippen molar-refractivity contribution in [3.8, 4) is 5.75 Å². The van der Waals surface area contributed by atoms with E-state index >= 15 is 0 Å². The fourth-order valence-electron chi connectivity index (χ4n) is 4.74. The number of amides is 2. The van der Waals surface area contributed by atoms with Crippen LogP contribution in [0.4, 0.5) is 17.1 Å². The number of hydrogen-bond acceptors (Lipinski definition) is 6. The summed E-state index contributed by atoms with van der Waals surface area (Å²) in [5, 5.41) is 14.8. The van der Waals surface area contributed by atoms with Crippen molar-refractivity contribution in [2.24, 2.45) is 17.8 Å². The predicted octanol–water partition coefficient (Wildman–Crippen LogP) is 4.18. The van der Waals surface area contributed by atoms with Crippen LogP contribution < -0.4 is 15.0 Å².